The molecule has 2 rings (SSSR count). The van der Waals surface area contributed by atoms with Crippen molar-refractivity contribution < 1.29 is 9.53 Å². The monoisotopic (exact) mass is 354 g/mol. The first kappa shape index (κ1) is 19.5. The Balaban J connectivity index is 0.00000264. The lowest BCUT2D eigenvalue weighted by molar-refractivity contribution is -0.124. The maximum atomic E-state index is 11.9. The molecule has 0 radical (unpaired) electrons. The lowest BCUT2D eigenvalue weighted by atomic mass is 10.1. The molecule has 0 saturated heterocycles. The fourth-order valence-corrected chi connectivity index (χ4v) is 3.08. The second-order valence-corrected chi connectivity index (χ2v) is 6.34. The second kappa shape index (κ2) is 9.55. The maximum absolute atomic E-state index is 11.9. The van der Waals surface area contributed by atoms with E-state index >= 15 is 0 Å². The van der Waals surface area contributed by atoms with E-state index in [0.29, 0.717) is 13.1 Å². The molecule has 6 heteroatoms. The Bertz CT molecular complexity index is 613. The van der Waals surface area contributed by atoms with Crippen LogP contribution >= 0.6 is 23.7 Å². The lowest BCUT2D eigenvalue weighted by Gasteiger charge is -2.10. The molecular formula is C17H23ClN2O2S. The SMILES string of the molecule is CNCC(C)C(=O)NCc1ccc(-c2ccc(OC)cc2)s1.Cl. The Labute approximate surface area is 147 Å². The van der Waals surface area contributed by atoms with Crippen molar-refractivity contribution in [3.8, 4) is 16.2 Å². The van der Waals surface area contributed by atoms with Crippen LogP contribution in [0.3, 0.4) is 0 Å². The van der Waals surface area contributed by atoms with E-state index in [2.05, 4.69) is 22.8 Å². The summed E-state index contributed by atoms with van der Waals surface area (Å²) < 4.78 is 5.17. The number of methoxy groups -OCH3 is 1. The van der Waals surface area contributed by atoms with Gasteiger partial charge in [0, 0.05) is 22.2 Å². The van der Waals surface area contributed by atoms with Gasteiger partial charge in [0.1, 0.15) is 5.75 Å². The van der Waals surface area contributed by atoms with Crippen molar-refractivity contribution in [1.82, 2.24) is 10.6 Å². The molecule has 1 unspecified atom stereocenters. The Hall–Kier alpha value is -1.56. The summed E-state index contributed by atoms with van der Waals surface area (Å²) in [5.74, 6) is 0.908. The molecule has 1 aromatic heterocycles. The first-order valence-electron chi connectivity index (χ1n) is 7.29. The normalized spacial score (nSPS) is 11.4. The molecule has 126 valence electrons. The Morgan fingerprint density at radius 1 is 1.22 bits per heavy atom. The highest BCUT2D eigenvalue weighted by Gasteiger charge is 2.11. The number of carbonyl (C=O) groups excluding carboxylic acids is 1. The number of carbonyl (C=O) groups is 1. The Morgan fingerprint density at radius 2 is 1.91 bits per heavy atom. The number of ether oxygens (including phenoxy) is 1. The minimum atomic E-state index is -0.0222. The van der Waals surface area contributed by atoms with E-state index < -0.39 is 0 Å². The van der Waals surface area contributed by atoms with Crippen LogP contribution < -0.4 is 15.4 Å². The number of halogens is 1. The van der Waals surface area contributed by atoms with Gasteiger partial charge in [0.2, 0.25) is 5.91 Å². The van der Waals surface area contributed by atoms with Crippen molar-refractivity contribution in [2.45, 2.75) is 13.5 Å². The third kappa shape index (κ3) is 5.53. The van der Waals surface area contributed by atoms with Crippen LogP contribution in [-0.4, -0.2) is 26.6 Å². The quantitative estimate of drug-likeness (QED) is 0.802. The number of thiophene rings is 1. The number of benzene rings is 1. The van der Waals surface area contributed by atoms with Gasteiger partial charge in [-0.25, -0.2) is 0 Å². The number of amides is 1. The van der Waals surface area contributed by atoms with E-state index in [-0.39, 0.29) is 24.2 Å². The smallest absolute Gasteiger partial charge is 0.224 e. The maximum Gasteiger partial charge on any atom is 0.224 e. The third-order valence-electron chi connectivity index (χ3n) is 3.43. The Kier molecular flexibility index (Phi) is 8.09. The van der Waals surface area contributed by atoms with Crippen molar-refractivity contribution in [2.24, 2.45) is 5.92 Å². The summed E-state index contributed by atoms with van der Waals surface area (Å²) in [6, 6.07) is 12.1. The summed E-state index contributed by atoms with van der Waals surface area (Å²) in [6.07, 6.45) is 0. The molecule has 0 bridgehead atoms. The predicted molar refractivity (Wildman–Crippen MR) is 98.5 cm³/mol. The van der Waals surface area contributed by atoms with Gasteiger partial charge in [-0.15, -0.1) is 23.7 Å². The van der Waals surface area contributed by atoms with Crippen molar-refractivity contribution in [1.29, 1.82) is 0 Å². The van der Waals surface area contributed by atoms with Crippen LogP contribution in [0.1, 0.15) is 11.8 Å². The summed E-state index contributed by atoms with van der Waals surface area (Å²) in [7, 11) is 3.51. The van der Waals surface area contributed by atoms with Crippen molar-refractivity contribution >= 4 is 29.7 Å². The molecule has 0 aliphatic rings. The molecule has 1 aromatic carbocycles. The zero-order valence-corrected chi connectivity index (χ0v) is 15.2. The molecule has 0 fully saturated rings. The summed E-state index contributed by atoms with van der Waals surface area (Å²) in [5.41, 5.74) is 1.16. The predicted octanol–water partition coefficient (Wildman–Crippen LogP) is 3.32. The van der Waals surface area contributed by atoms with Gasteiger partial charge in [-0.1, -0.05) is 6.92 Å². The molecule has 0 saturated carbocycles. The van der Waals surface area contributed by atoms with Crippen molar-refractivity contribution in [2.75, 3.05) is 20.7 Å². The number of rotatable bonds is 7. The zero-order chi connectivity index (χ0) is 15.9. The zero-order valence-electron chi connectivity index (χ0n) is 13.6. The van der Waals surface area contributed by atoms with E-state index in [1.54, 1.807) is 18.4 Å². The molecule has 0 aliphatic carbocycles. The van der Waals surface area contributed by atoms with E-state index in [4.69, 9.17) is 4.74 Å². The molecule has 1 atom stereocenters. The van der Waals surface area contributed by atoms with Gasteiger partial charge in [0.25, 0.3) is 0 Å². The van der Waals surface area contributed by atoms with Gasteiger partial charge < -0.3 is 15.4 Å². The van der Waals surface area contributed by atoms with Gasteiger partial charge in [0.15, 0.2) is 0 Å². The van der Waals surface area contributed by atoms with Crippen LogP contribution in [0.5, 0.6) is 5.75 Å². The standard InChI is InChI=1S/C17H22N2O2S.ClH/c1-12(10-18-2)17(20)19-11-15-8-9-16(22-15)13-4-6-14(21-3)7-5-13;/h4-9,12,18H,10-11H2,1-3H3,(H,19,20);1H. The highest BCUT2D eigenvalue weighted by Crippen LogP contribution is 2.29. The number of hydrogen-bond donors (Lipinski definition) is 2. The lowest BCUT2D eigenvalue weighted by Crippen LogP contribution is -2.33. The minimum Gasteiger partial charge on any atom is -0.497 e. The van der Waals surface area contributed by atoms with Crippen LogP contribution in [-0.2, 0) is 11.3 Å². The molecular weight excluding hydrogens is 332 g/mol. The number of hydrogen-bond acceptors (Lipinski definition) is 4. The fourth-order valence-electron chi connectivity index (χ4n) is 2.13. The highest BCUT2D eigenvalue weighted by atomic mass is 35.5. The third-order valence-corrected chi connectivity index (χ3v) is 4.57. The van der Waals surface area contributed by atoms with Gasteiger partial charge in [-0.2, -0.15) is 0 Å². The van der Waals surface area contributed by atoms with Gasteiger partial charge in [0.05, 0.1) is 13.7 Å². The number of nitrogens with one attached hydrogen (secondary N) is 2. The highest BCUT2D eigenvalue weighted by molar-refractivity contribution is 7.15. The van der Waals surface area contributed by atoms with Gasteiger partial charge >= 0.3 is 0 Å². The van der Waals surface area contributed by atoms with Crippen LogP contribution in [0.15, 0.2) is 36.4 Å². The van der Waals surface area contributed by atoms with Crippen LogP contribution in [0.2, 0.25) is 0 Å². The molecule has 4 nitrogen and oxygen atoms in total. The van der Waals surface area contributed by atoms with Crippen LogP contribution in [0.4, 0.5) is 0 Å². The summed E-state index contributed by atoms with van der Waals surface area (Å²) >= 11 is 1.70. The fraction of sp³-hybridized carbons (Fsp3) is 0.353. The van der Waals surface area contributed by atoms with E-state index in [0.717, 1.165) is 16.2 Å². The second-order valence-electron chi connectivity index (χ2n) is 5.17. The average Bonchev–Trinajstić information content (AvgIpc) is 3.02. The molecule has 2 aromatic rings. The Morgan fingerprint density at radius 3 is 2.52 bits per heavy atom. The topological polar surface area (TPSA) is 50.4 Å². The van der Waals surface area contributed by atoms with E-state index in [1.165, 1.54) is 4.88 Å². The first-order valence-corrected chi connectivity index (χ1v) is 8.11. The molecule has 23 heavy (non-hydrogen) atoms. The van der Waals surface area contributed by atoms with Gasteiger partial charge in [-0.05, 0) is 49.0 Å². The molecule has 1 amide bonds. The summed E-state index contributed by atoms with van der Waals surface area (Å²) in [6.45, 7) is 3.18. The van der Waals surface area contributed by atoms with Crippen LogP contribution in [0, 0.1) is 5.92 Å². The largest absolute Gasteiger partial charge is 0.497 e. The molecule has 0 spiro atoms. The minimum absolute atomic E-state index is 0. The summed E-state index contributed by atoms with van der Waals surface area (Å²) in [5, 5.41) is 5.99. The molecule has 2 N–H and O–H groups in total. The summed E-state index contributed by atoms with van der Waals surface area (Å²) in [4.78, 5) is 14.2. The molecule has 0 aliphatic heterocycles. The molecule has 1 heterocycles. The average molecular weight is 355 g/mol. The van der Waals surface area contributed by atoms with Gasteiger partial charge in [-0.3, -0.25) is 4.79 Å². The van der Waals surface area contributed by atoms with Crippen molar-refractivity contribution in [3.05, 3.63) is 41.3 Å². The van der Waals surface area contributed by atoms with E-state index in [1.807, 2.05) is 38.2 Å². The van der Waals surface area contributed by atoms with Crippen LogP contribution in [0.25, 0.3) is 10.4 Å². The van der Waals surface area contributed by atoms with E-state index in [9.17, 15) is 4.79 Å². The van der Waals surface area contributed by atoms with Crippen molar-refractivity contribution in [3.63, 3.8) is 0 Å². The first-order chi connectivity index (χ1) is 10.6.